The highest BCUT2D eigenvalue weighted by Gasteiger charge is 2.11. The first-order chi connectivity index (χ1) is 5.83. The van der Waals surface area contributed by atoms with E-state index in [1.165, 1.54) is 6.42 Å². The van der Waals surface area contributed by atoms with Crippen molar-refractivity contribution >= 4 is 5.91 Å². The molecule has 0 radical (unpaired) electrons. The number of nitrogens with one attached hydrogen (secondary N) is 2. The van der Waals surface area contributed by atoms with Crippen LogP contribution in [0.4, 0.5) is 0 Å². The summed E-state index contributed by atoms with van der Waals surface area (Å²) in [6.45, 7) is 2.22. The molecule has 3 nitrogen and oxygen atoms in total. The molecule has 1 saturated heterocycles. The van der Waals surface area contributed by atoms with Gasteiger partial charge in [0.15, 0.2) is 0 Å². The third-order valence-electron chi connectivity index (χ3n) is 2.15. The molecule has 0 bridgehead atoms. The molecule has 1 atom stereocenters. The van der Waals surface area contributed by atoms with Crippen molar-refractivity contribution in [1.82, 2.24) is 10.6 Å². The number of rotatable bonds is 3. The fraction of sp³-hybridized carbons (Fsp3) is 0.667. The molecule has 0 spiro atoms. The van der Waals surface area contributed by atoms with Gasteiger partial charge in [-0.25, -0.2) is 0 Å². The summed E-state index contributed by atoms with van der Waals surface area (Å²) in [6.07, 6.45) is 5.81. The standard InChI is InChI=1S/C9H16N2O/c1-10-9(12)4-2-3-8-5-6-11-7-8/h2,4,8,11H,3,5-7H2,1H3,(H,10,12)/b4-2+. The quantitative estimate of drug-likeness (QED) is 0.595. The van der Waals surface area contributed by atoms with Gasteiger partial charge in [-0.05, 0) is 37.9 Å². The summed E-state index contributed by atoms with van der Waals surface area (Å²) in [5.74, 6) is 0.715. The van der Waals surface area contributed by atoms with Crippen molar-refractivity contribution < 1.29 is 4.79 Å². The molecular weight excluding hydrogens is 152 g/mol. The van der Waals surface area contributed by atoms with E-state index in [1.807, 2.05) is 6.08 Å². The monoisotopic (exact) mass is 168 g/mol. The Kier molecular flexibility index (Phi) is 3.80. The van der Waals surface area contributed by atoms with E-state index < -0.39 is 0 Å². The van der Waals surface area contributed by atoms with Crippen LogP contribution in [0.5, 0.6) is 0 Å². The predicted octanol–water partition coefficient (Wildman–Crippen LogP) is 0.288. The van der Waals surface area contributed by atoms with Crippen LogP contribution < -0.4 is 10.6 Å². The van der Waals surface area contributed by atoms with Crippen LogP contribution in [0.15, 0.2) is 12.2 Å². The van der Waals surface area contributed by atoms with Gasteiger partial charge >= 0.3 is 0 Å². The SMILES string of the molecule is CNC(=O)/C=C/CC1CCNC1. The Morgan fingerprint density at radius 1 is 1.75 bits per heavy atom. The zero-order chi connectivity index (χ0) is 8.81. The minimum atomic E-state index is -0.0130. The number of amides is 1. The molecule has 0 aliphatic carbocycles. The van der Waals surface area contributed by atoms with E-state index in [-0.39, 0.29) is 5.91 Å². The van der Waals surface area contributed by atoms with Crippen LogP contribution >= 0.6 is 0 Å². The molecule has 1 fully saturated rings. The van der Waals surface area contributed by atoms with Gasteiger partial charge in [0.2, 0.25) is 5.91 Å². The molecule has 1 aliphatic heterocycles. The summed E-state index contributed by atoms with van der Waals surface area (Å²) in [5, 5.41) is 5.84. The minimum Gasteiger partial charge on any atom is -0.356 e. The largest absolute Gasteiger partial charge is 0.356 e. The van der Waals surface area contributed by atoms with Crippen LogP contribution in [0.25, 0.3) is 0 Å². The molecular formula is C9H16N2O. The van der Waals surface area contributed by atoms with Crippen molar-refractivity contribution in [1.29, 1.82) is 0 Å². The lowest BCUT2D eigenvalue weighted by molar-refractivity contribution is -0.116. The Morgan fingerprint density at radius 3 is 3.17 bits per heavy atom. The Balaban J connectivity index is 2.15. The summed E-state index contributed by atoms with van der Waals surface area (Å²) in [7, 11) is 1.64. The number of hydrogen-bond donors (Lipinski definition) is 2. The first-order valence-corrected chi connectivity index (χ1v) is 4.42. The van der Waals surface area contributed by atoms with E-state index in [0.29, 0.717) is 0 Å². The van der Waals surface area contributed by atoms with E-state index >= 15 is 0 Å². The smallest absolute Gasteiger partial charge is 0.243 e. The van der Waals surface area contributed by atoms with Gasteiger partial charge in [0.1, 0.15) is 0 Å². The third-order valence-corrected chi connectivity index (χ3v) is 2.15. The summed E-state index contributed by atoms with van der Waals surface area (Å²) in [5.41, 5.74) is 0. The molecule has 68 valence electrons. The maximum absolute atomic E-state index is 10.8. The molecule has 0 aromatic rings. The van der Waals surface area contributed by atoms with Crippen molar-refractivity contribution in [3.63, 3.8) is 0 Å². The second kappa shape index (κ2) is 4.93. The predicted molar refractivity (Wildman–Crippen MR) is 48.8 cm³/mol. The Morgan fingerprint density at radius 2 is 2.58 bits per heavy atom. The van der Waals surface area contributed by atoms with Crippen molar-refractivity contribution in [2.75, 3.05) is 20.1 Å². The van der Waals surface area contributed by atoms with Crippen molar-refractivity contribution in [2.24, 2.45) is 5.92 Å². The fourth-order valence-corrected chi connectivity index (χ4v) is 1.37. The molecule has 1 rings (SSSR count). The zero-order valence-corrected chi connectivity index (χ0v) is 7.47. The molecule has 2 N–H and O–H groups in total. The molecule has 0 aromatic carbocycles. The molecule has 1 heterocycles. The third kappa shape index (κ3) is 3.05. The average molecular weight is 168 g/mol. The Bertz CT molecular complexity index is 171. The van der Waals surface area contributed by atoms with E-state index in [9.17, 15) is 4.79 Å². The van der Waals surface area contributed by atoms with Gasteiger partial charge in [0.05, 0.1) is 0 Å². The normalized spacial score (nSPS) is 23.2. The molecule has 0 aromatic heterocycles. The average Bonchev–Trinajstić information content (AvgIpc) is 2.57. The zero-order valence-electron chi connectivity index (χ0n) is 7.47. The summed E-state index contributed by atoms with van der Waals surface area (Å²) in [6, 6.07) is 0. The van der Waals surface area contributed by atoms with E-state index in [0.717, 1.165) is 25.4 Å². The van der Waals surface area contributed by atoms with Gasteiger partial charge in [0.25, 0.3) is 0 Å². The Labute approximate surface area is 73.2 Å². The maximum Gasteiger partial charge on any atom is 0.243 e. The highest BCUT2D eigenvalue weighted by Crippen LogP contribution is 2.11. The first kappa shape index (κ1) is 9.26. The van der Waals surface area contributed by atoms with E-state index in [2.05, 4.69) is 10.6 Å². The number of allylic oxidation sites excluding steroid dienone is 1. The van der Waals surface area contributed by atoms with E-state index in [1.54, 1.807) is 13.1 Å². The molecule has 1 unspecified atom stereocenters. The topological polar surface area (TPSA) is 41.1 Å². The fourth-order valence-electron chi connectivity index (χ4n) is 1.37. The highest BCUT2D eigenvalue weighted by atomic mass is 16.1. The van der Waals surface area contributed by atoms with Gasteiger partial charge in [-0.15, -0.1) is 0 Å². The summed E-state index contributed by atoms with van der Waals surface area (Å²) in [4.78, 5) is 10.8. The van der Waals surface area contributed by atoms with E-state index in [4.69, 9.17) is 0 Å². The molecule has 1 amide bonds. The van der Waals surface area contributed by atoms with Crippen molar-refractivity contribution in [3.05, 3.63) is 12.2 Å². The number of likely N-dealkylation sites (N-methyl/N-ethyl adjacent to an activating group) is 1. The van der Waals surface area contributed by atoms with Gasteiger partial charge in [-0.2, -0.15) is 0 Å². The van der Waals surface area contributed by atoms with Crippen LogP contribution in [-0.2, 0) is 4.79 Å². The lowest BCUT2D eigenvalue weighted by atomic mass is 10.1. The molecule has 3 heteroatoms. The Hall–Kier alpha value is -0.830. The second-order valence-corrected chi connectivity index (χ2v) is 3.11. The number of hydrogen-bond acceptors (Lipinski definition) is 2. The summed E-state index contributed by atoms with van der Waals surface area (Å²) >= 11 is 0. The number of carbonyl (C=O) groups is 1. The summed E-state index contributed by atoms with van der Waals surface area (Å²) < 4.78 is 0. The molecule has 1 aliphatic rings. The van der Waals surface area contributed by atoms with Gasteiger partial charge in [-0.1, -0.05) is 6.08 Å². The van der Waals surface area contributed by atoms with Gasteiger partial charge in [0, 0.05) is 7.05 Å². The maximum atomic E-state index is 10.8. The molecule has 12 heavy (non-hydrogen) atoms. The van der Waals surface area contributed by atoms with Gasteiger partial charge < -0.3 is 10.6 Å². The van der Waals surface area contributed by atoms with Crippen LogP contribution in [0.3, 0.4) is 0 Å². The van der Waals surface area contributed by atoms with Crippen LogP contribution in [-0.4, -0.2) is 26.0 Å². The van der Waals surface area contributed by atoms with Crippen LogP contribution in [0.1, 0.15) is 12.8 Å². The lowest BCUT2D eigenvalue weighted by Crippen LogP contribution is -2.14. The first-order valence-electron chi connectivity index (χ1n) is 4.42. The lowest BCUT2D eigenvalue weighted by Gasteiger charge is -2.01. The van der Waals surface area contributed by atoms with Crippen molar-refractivity contribution in [3.8, 4) is 0 Å². The molecule has 0 saturated carbocycles. The van der Waals surface area contributed by atoms with Crippen molar-refractivity contribution in [2.45, 2.75) is 12.8 Å². The highest BCUT2D eigenvalue weighted by molar-refractivity contribution is 5.87. The van der Waals surface area contributed by atoms with Gasteiger partial charge in [-0.3, -0.25) is 4.79 Å². The van der Waals surface area contributed by atoms with Crippen LogP contribution in [0.2, 0.25) is 0 Å². The number of carbonyl (C=O) groups excluding carboxylic acids is 1. The van der Waals surface area contributed by atoms with Crippen LogP contribution in [0, 0.1) is 5.92 Å². The second-order valence-electron chi connectivity index (χ2n) is 3.11. The minimum absolute atomic E-state index is 0.0130.